The molecular weight excluding hydrogens is 318 g/mol. The van der Waals surface area contributed by atoms with Gasteiger partial charge in [0.15, 0.2) is 0 Å². The number of hydrogen-bond acceptors (Lipinski definition) is 4. The molecule has 25 heavy (non-hydrogen) atoms. The second-order valence-electron chi connectivity index (χ2n) is 7.10. The number of unbranched alkanes of at least 4 members (excludes halogenated alkanes) is 1. The number of carbonyl (C=O) groups excluding carboxylic acids is 2. The predicted octanol–water partition coefficient (Wildman–Crippen LogP) is 2.31. The molecule has 1 aromatic carbocycles. The molecule has 2 saturated heterocycles. The van der Waals surface area contributed by atoms with E-state index in [0.717, 1.165) is 18.4 Å². The van der Waals surface area contributed by atoms with Gasteiger partial charge in [0.05, 0.1) is 25.2 Å². The van der Waals surface area contributed by atoms with Crippen LogP contribution in [0.4, 0.5) is 0 Å². The first kappa shape index (κ1) is 16.3. The van der Waals surface area contributed by atoms with Crippen LogP contribution in [0.15, 0.2) is 42.5 Å². The molecule has 132 valence electrons. The molecule has 1 spiro atoms. The Hall–Kier alpha value is -2.14. The summed E-state index contributed by atoms with van der Waals surface area (Å²) in [4.78, 5) is 27.4. The molecule has 2 bridgehead atoms. The number of fused-ring (bicyclic) bond motifs is 1. The fraction of sp³-hybridized carbons (Fsp3) is 0.500. The van der Waals surface area contributed by atoms with Crippen LogP contribution in [0, 0.1) is 11.8 Å². The van der Waals surface area contributed by atoms with Crippen LogP contribution in [0.3, 0.4) is 0 Å². The molecule has 0 aliphatic carbocycles. The second-order valence-corrected chi connectivity index (χ2v) is 7.10. The maximum Gasteiger partial charge on any atom is 0.312 e. The minimum Gasteiger partial charge on any atom is -0.465 e. The fourth-order valence-corrected chi connectivity index (χ4v) is 4.20. The van der Waals surface area contributed by atoms with E-state index in [2.05, 4.69) is 0 Å². The van der Waals surface area contributed by atoms with Gasteiger partial charge in [-0.15, -0.1) is 0 Å². The highest BCUT2D eigenvalue weighted by Crippen LogP contribution is 2.52. The number of likely N-dealkylation sites (tertiary alicyclic amines) is 1. The molecule has 0 N–H and O–H groups in total. The van der Waals surface area contributed by atoms with Crippen molar-refractivity contribution in [1.82, 2.24) is 4.90 Å². The first-order valence-corrected chi connectivity index (χ1v) is 9.01. The van der Waals surface area contributed by atoms with Crippen LogP contribution >= 0.6 is 0 Å². The topological polar surface area (TPSA) is 55.8 Å². The highest BCUT2D eigenvalue weighted by atomic mass is 16.6. The Bertz CT molecular complexity index is 701. The summed E-state index contributed by atoms with van der Waals surface area (Å²) in [5, 5.41) is 0. The van der Waals surface area contributed by atoms with Gasteiger partial charge in [-0.05, 0) is 12.0 Å². The number of benzene rings is 1. The van der Waals surface area contributed by atoms with E-state index < -0.39 is 17.4 Å². The van der Waals surface area contributed by atoms with Crippen molar-refractivity contribution in [3.8, 4) is 0 Å². The van der Waals surface area contributed by atoms with Crippen molar-refractivity contribution >= 4 is 11.9 Å². The molecule has 4 rings (SSSR count). The Morgan fingerprint density at radius 1 is 1.36 bits per heavy atom. The first-order valence-electron chi connectivity index (χ1n) is 9.01. The number of rotatable bonds is 6. The number of nitrogens with zero attached hydrogens (tertiary/aromatic N) is 1. The van der Waals surface area contributed by atoms with Crippen LogP contribution in [0.25, 0.3) is 0 Å². The monoisotopic (exact) mass is 341 g/mol. The normalized spacial score (nSPS) is 32.3. The molecule has 1 amide bonds. The SMILES string of the molecule is CCCCOC(=O)C1[C@H]2C(=O)N(Cc3ccccc3)C[C@]23C=C[C@H]1O3. The summed E-state index contributed by atoms with van der Waals surface area (Å²) in [6, 6.07) is 9.89. The van der Waals surface area contributed by atoms with E-state index >= 15 is 0 Å². The van der Waals surface area contributed by atoms with Crippen molar-refractivity contribution in [2.24, 2.45) is 11.8 Å². The van der Waals surface area contributed by atoms with Crippen molar-refractivity contribution in [3.63, 3.8) is 0 Å². The third-order valence-corrected chi connectivity index (χ3v) is 5.41. The van der Waals surface area contributed by atoms with Crippen LogP contribution in [-0.4, -0.2) is 41.6 Å². The second kappa shape index (κ2) is 6.30. The third kappa shape index (κ3) is 2.67. The largest absolute Gasteiger partial charge is 0.465 e. The van der Waals surface area contributed by atoms with E-state index in [0.29, 0.717) is 19.7 Å². The minimum absolute atomic E-state index is 0.00635. The molecule has 0 radical (unpaired) electrons. The summed E-state index contributed by atoms with van der Waals surface area (Å²) in [5.41, 5.74) is 0.415. The van der Waals surface area contributed by atoms with Gasteiger partial charge in [0.25, 0.3) is 0 Å². The zero-order chi connectivity index (χ0) is 17.4. The zero-order valence-corrected chi connectivity index (χ0v) is 14.4. The fourth-order valence-electron chi connectivity index (χ4n) is 4.20. The lowest BCUT2D eigenvalue weighted by molar-refractivity contribution is -0.154. The van der Waals surface area contributed by atoms with Gasteiger partial charge in [0, 0.05) is 6.54 Å². The molecule has 0 aromatic heterocycles. The molecule has 5 nitrogen and oxygen atoms in total. The Labute approximate surface area is 147 Å². The van der Waals surface area contributed by atoms with Gasteiger partial charge in [-0.1, -0.05) is 55.8 Å². The lowest BCUT2D eigenvalue weighted by atomic mass is 9.77. The molecule has 1 aromatic rings. The van der Waals surface area contributed by atoms with Crippen LogP contribution < -0.4 is 0 Å². The smallest absolute Gasteiger partial charge is 0.312 e. The average molecular weight is 341 g/mol. The maximum atomic E-state index is 13.0. The highest BCUT2D eigenvalue weighted by Gasteiger charge is 2.67. The summed E-state index contributed by atoms with van der Waals surface area (Å²) in [6.45, 7) is 3.49. The molecular formula is C20H23NO4. The predicted molar refractivity (Wildman–Crippen MR) is 91.5 cm³/mol. The van der Waals surface area contributed by atoms with E-state index in [9.17, 15) is 9.59 Å². The molecule has 5 heteroatoms. The van der Waals surface area contributed by atoms with Crippen molar-refractivity contribution in [1.29, 1.82) is 0 Å². The van der Waals surface area contributed by atoms with Gasteiger partial charge in [0.2, 0.25) is 5.91 Å². The summed E-state index contributed by atoms with van der Waals surface area (Å²) >= 11 is 0. The van der Waals surface area contributed by atoms with Gasteiger partial charge >= 0.3 is 5.97 Å². The minimum atomic E-state index is -0.662. The van der Waals surface area contributed by atoms with Crippen LogP contribution in [0.5, 0.6) is 0 Å². The molecule has 3 aliphatic heterocycles. The quantitative estimate of drug-likeness (QED) is 0.453. The molecule has 4 atom stereocenters. The van der Waals surface area contributed by atoms with Gasteiger partial charge in [-0.25, -0.2) is 0 Å². The Morgan fingerprint density at radius 3 is 2.92 bits per heavy atom. The standard InChI is InChI=1S/C20H23NO4/c1-2-3-11-24-19(23)16-15-9-10-20(25-15)13-21(18(22)17(16)20)12-14-7-5-4-6-8-14/h4-10,15-17H,2-3,11-13H2,1H3/t15-,16?,17+,20-/m1/s1. The van der Waals surface area contributed by atoms with Gasteiger partial charge in [0.1, 0.15) is 11.5 Å². The Morgan fingerprint density at radius 2 is 2.16 bits per heavy atom. The third-order valence-electron chi connectivity index (χ3n) is 5.41. The van der Waals surface area contributed by atoms with Crippen LogP contribution in [-0.2, 0) is 25.6 Å². The lowest BCUT2D eigenvalue weighted by Gasteiger charge is -2.22. The van der Waals surface area contributed by atoms with Crippen molar-refractivity contribution < 1.29 is 19.1 Å². The van der Waals surface area contributed by atoms with Crippen LogP contribution in [0.2, 0.25) is 0 Å². The van der Waals surface area contributed by atoms with Crippen molar-refractivity contribution in [2.75, 3.05) is 13.2 Å². The van der Waals surface area contributed by atoms with Crippen molar-refractivity contribution in [3.05, 3.63) is 48.0 Å². The Kier molecular flexibility index (Phi) is 4.12. The number of esters is 1. The number of amides is 1. The van der Waals surface area contributed by atoms with E-state index in [1.54, 1.807) is 4.90 Å². The van der Waals surface area contributed by atoms with Gasteiger partial charge in [-0.3, -0.25) is 9.59 Å². The number of carbonyl (C=O) groups is 2. The molecule has 3 heterocycles. The molecule has 1 unspecified atom stereocenters. The zero-order valence-electron chi connectivity index (χ0n) is 14.4. The average Bonchev–Trinajstić information content (AvgIpc) is 3.25. The van der Waals surface area contributed by atoms with Crippen molar-refractivity contribution in [2.45, 2.75) is 38.0 Å². The van der Waals surface area contributed by atoms with Gasteiger partial charge < -0.3 is 14.4 Å². The molecule has 3 aliphatic rings. The number of hydrogen-bond donors (Lipinski definition) is 0. The van der Waals surface area contributed by atoms with Crippen LogP contribution in [0.1, 0.15) is 25.3 Å². The summed E-state index contributed by atoms with van der Waals surface area (Å²) in [5.74, 6) is -1.28. The maximum absolute atomic E-state index is 13.0. The van der Waals surface area contributed by atoms with E-state index in [-0.39, 0.29) is 18.0 Å². The van der Waals surface area contributed by atoms with E-state index in [1.807, 2.05) is 49.4 Å². The first-order chi connectivity index (χ1) is 12.1. The summed E-state index contributed by atoms with van der Waals surface area (Å²) in [7, 11) is 0. The van der Waals surface area contributed by atoms with E-state index in [1.165, 1.54) is 0 Å². The number of ether oxygens (including phenoxy) is 2. The summed E-state index contributed by atoms with van der Waals surface area (Å²) in [6.07, 6.45) is 5.36. The van der Waals surface area contributed by atoms with E-state index in [4.69, 9.17) is 9.47 Å². The lowest BCUT2D eigenvalue weighted by Crippen LogP contribution is -2.40. The Balaban J connectivity index is 1.52. The molecule has 2 fully saturated rings. The molecule has 0 saturated carbocycles. The van der Waals surface area contributed by atoms with Gasteiger partial charge in [-0.2, -0.15) is 0 Å². The summed E-state index contributed by atoms with van der Waals surface area (Å²) < 4.78 is 11.5. The highest BCUT2D eigenvalue weighted by molar-refractivity contribution is 5.91.